The zero-order valence-electron chi connectivity index (χ0n) is 7.94. The van der Waals surface area contributed by atoms with Crippen molar-refractivity contribution in [3.63, 3.8) is 0 Å². The quantitative estimate of drug-likeness (QED) is 0.658. The number of nitrogens with one attached hydrogen (secondary N) is 1. The van der Waals surface area contributed by atoms with Crippen LogP contribution in [0.4, 0.5) is 0 Å². The van der Waals surface area contributed by atoms with Crippen LogP contribution in [0.25, 0.3) is 0 Å². The average Bonchev–Trinajstić information content (AvgIpc) is 2.00. The minimum absolute atomic E-state index is 0.00475. The monoisotopic (exact) mass is 267 g/mol. The summed E-state index contributed by atoms with van der Waals surface area (Å²) in [6.07, 6.45) is 0. The SMILES string of the molecule is C=S(=O)(Cl)NS(=O)(=O)c1ccc(C)cc1. The Balaban J connectivity index is 3.13. The number of hydrogen-bond acceptors (Lipinski definition) is 3. The van der Waals surface area contributed by atoms with Gasteiger partial charge in [0.2, 0.25) is 0 Å². The number of hydrogen-bond donors (Lipinski definition) is 1. The maximum Gasteiger partial charge on any atom is 0.252 e. The van der Waals surface area contributed by atoms with E-state index in [1.54, 1.807) is 16.3 Å². The van der Waals surface area contributed by atoms with Crippen molar-refractivity contribution in [2.75, 3.05) is 0 Å². The van der Waals surface area contributed by atoms with Gasteiger partial charge in [-0.15, -0.1) is 4.13 Å². The number of benzene rings is 1. The molecule has 1 aromatic rings. The molecule has 1 rings (SSSR count). The summed E-state index contributed by atoms with van der Waals surface area (Å²) >= 11 is 0. The molecule has 0 saturated carbocycles. The summed E-state index contributed by atoms with van der Waals surface area (Å²) in [4.78, 5) is 0.00475. The number of sulfonamides is 1. The molecular formula is C8H10ClNO3S2. The first-order chi connectivity index (χ1) is 6.71. The van der Waals surface area contributed by atoms with Crippen LogP contribution in [0.15, 0.2) is 29.2 Å². The van der Waals surface area contributed by atoms with E-state index in [0.29, 0.717) is 0 Å². The fourth-order valence-electron chi connectivity index (χ4n) is 0.929. The number of halogens is 1. The highest BCUT2D eigenvalue weighted by atomic mass is 35.7. The van der Waals surface area contributed by atoms with E-state index >= 15 is 0 Å². The first-order valence-electron chi connectivity index (χ1n) is 3.88. The van der Waals surface area contributed by atoms with Gasteiger partial charge in [0.15, 0.2) is 0 Å². The third kappa shape index (κ3) is 3.83. The van der Waals surface area contributed by atoms with Crippen molar-refractivity contribution in [1.82, 2.24) is 4.13 Å². The van der Waals surface area contributed by atoms with Gasteiger partial charge in [-0.25, -0.2) is 12.6 Å². The molecule has 84 valence electrons. The van der Waals surface area contributed by atoms with Gasteiger partial charge in [0.05, 0.1) is 4.90 Å². The molecule has 0 fully saturated rings. The molecule has 0 heterocycles. The van der Waals surface area contributed by atoms with Gasteiger partial charge in [0.1, 0.15) is 8.92 Å². The van der Waals surface area contributed by atoms with Crippen molar-refractivity contribution in [2.24, 2.45) is 0 Å². The van der Waals surface area contributed by atoms with Gasteiger partial charge in [-0.2, -0.15) is 0 Å². The first-order valence-corrected chi connectivity index (χ1v) is 7.91. The predicted octanol–water partition coefficient (Wildman–Crippen LogP) is 1.06. The molecule has 4 nitrogen and oxygen atoms in total. The van der Waals surface area contributed by atoms with Crippen LogP contribution < -0.4 is 4.13 Å². The molecular weight excluding hydrogens is 258 g/mol. The minimum atomic E-state index is -3.85. The highest BCUT2D eigenvalue weighted by molar-refractivity contribution is 8.24. The Bertz CT molecular complexity index is 546. The lowest BCUT2D eigenvalue weighted by molar-refractivity contribution is 0.593. The molecule has 0 aliphatic rings. The number of aryl methyl sites for hydroxylation is 1. The van der Waals surface area contributed by atoms with Crippen LogP contribution in [0.5, 0.6) is 0 Å². The van der Waals surface area contributed by atoms with Crippen molar-refractivity contribution >= 4 is 35.5 Å². The molecule has 0 radical (unpaired) electrons. The van der Waals surface area contributed by atoms with E-state index in [-0.39, 0.29) is 4.90 Å². The van der Waals surface area contributed by atoms with Crippen LogP contribution >= 0.6 is 10.7 Å². The van der Waals surface area contributed by atoms with Gasteiger partial charge in [-0.05, 0) is 35.6 Å². The summed E-state index contributed by atoms with van der Waals surface area (Å²) in [6.45, 7) is 1.83. The Morgan fingerprint density at radius 2 is 1.67 bits per heavy atom. The third-order valence-corrected chi connectivity index (χ3v) is 4.90. The molecule has 1 N–H and O–H groups in total. The molecule has 0 aliphatic heterocycles. The van der Waals surface area contributed by atoms with E-state index in [9.17, 15) is 12.6 Å². The summed E-state index contributed by atoms with van der Waals surface area (Å²) in [5.41, 5.74) is 0.926. The molecule has 7 heteroatoms. The fraction of sp³-hybridized carbons (Fsp3) is 0.125. The molecule has 0 amide bonds. The smallest absolute Gasteiger partial charge is 0.236 e. The standard InChI is InChI=1S/C8H10ClNO3S2/c1-7-3-5-8(6-4-7)15(12,13)10-14(2,9)11/h3-6H,2H2,1H3,(H,10,11). The molecule has 1 unspecified atom stereocenters. The highest BCUT2D eigenvalue weighted by Gasteiger charge is 2.16. The largest absolute Gasteiger partial charge is 0.252 e. The van der Waals surface area contributed by atoms with E-state index in [0.717, 1.165) is 5.56 Å². The molecule has 0 aromatic heterocycles. The van der Waals surface area contributed by atoms with E-state index in [1.165, 1.54) is 12.1 Å². The lowest BCUT2D eigenvalue weighted by Crippen LogP contribution is -2.26. The summed E-state index contributed by atoms with van der Waals surface area (Å²) in [7, 11) is -1.94. The normalized spacial score (nSPS) is 15.9. The van der Waals surface area contributed by atoms with Crippen LogP contribution in [0, 0.1) is 6.92 Å². The Morgan fingerprint density at radius 3 is 2.07 bits per heavy atom. The molecule has 1 aromatic carbocycles. The summed E-state index contributed by atoms with van der Waals surface area (Å²) in [5, 5.41) is 0. The Hall–Kier alpha value is -0.560. The zero-order valence-corrected chi connectivity index (χ0v) is 10.3. The van der Waals surface area contributed by atoms with E-state index in [2.05, 4.69) is 5.87 Å². The molecule has 15 heavy (non-hydrogen) atoms. The molecule has 1 atom stereocenters. The first kappa shape index (κ1) is 12.5. The Morgan fingerprint density at radius 1 is 1.20 bits per heavy atom. The summed E-state index contributed by atoms with van der Waals surface area (Å²) in [6, 6.07) is 6.07. The molecule has 0 bridgehead atoms. The van der Waals surface area contributed by atoms with Crippen molar-refractivity contribution in [3.8, 4) is 0 Å². The van der Waals surface area contributed by atoms with Crippen LogP contribution in [0.2, 0.25) is 0 Å². The summed E-state index contributed by atoms with van der Waals surface area (Å²) in [5.74, 6) is 3.00. The average molecular weight is 268 g/mol. The Labute approximate surface area is 94.0 Å². The molecule has 0 spiro atoms. The zero-order chi connectivity index (χ0) is 11.7. The summed E-state index contributed by atoms with van der Waals surface area (Å²) < 4.78 is 35.9. The van der Waals surface area contributed by atoms with Gasteiger partial charge in [-0.1, -0.05) is 17.7 Å². The van der Waals surface area contributed by atoms with Gasteiger partial charge >= 0.3 is 0 Å². The lowest BCUT2D eigenvalue weighted by Gasteiger charge is -2.05. The van der Waals surface area contributed by atoms with Gasteiger partial charge in [0, 0.05) is 0 Å². The van der Waals surface area contributed by atoms with E-state index in [1.807, 2.05) is 6.92 Å². The number of rotatable bonds is 3. The van der Waals surface area contributed by atoms with Crippen LogP contribution in [-0.4, -0.2) is 18.5 Å². The second-order valence-corrected chi connectivity index (χ2v) is 7.82. The van der Waals surface area contributed by atoms with Crippen molar-refractivity contribution in [2.45, 2.75) is 11.8 Å². The Kier molecular flexibility index (Phi) is 3.44. The van der Waals surface area contributed by atoms with Gasteiger partial charge < -0.3 is 0 Å². The van der Waals surface area contributed by atoms with Crippen LogP contribution in [0.3, 0.4) is 0 Å². The maximum atomic E-state index is 11.5. The molecule has 0 aliphatic carbocycles. The third-order valence-electron chi connectivity index (χ3n) is 1.57. The van der Waals surface area contributed by atoms with Crippen LogP contribution in [0.1, 0.15) is 5.56 Å². The van der Waals surface area contributed by atoms with Gasteiger partial charge in [0.25, 0.3) is 10.0 Å². The molecule has 0 saturated heterocycles. The van der Waals surface area contributed by atoms with Crippen molar-refractivity contribution in [3.05, 3.63) is 29.8 Å². The van der Waals surface area contributed by atoms with Gasteiger partial charge in [-0.3, -0.25) is 0 Å². The maximum absolute atomic E-state index is 11.5. The fourth-order valence-corrected chi connectivity index (χ4v) is 3.87. The lowest BCUT2D eigenvalue weighted by atomic mass is 10.2. The van der Waals surface area contributed by atoms with Crippen molar-refractivity contribution < 1.29 is 12.6 Å². The van der Waals surface area contributed by atoms with E-state index in [4.69, 9.17) is 10.7 Å². The second-order valence-electron chi connectivity index (χ2n) is 2.99. The predicted molar refractivity (Wildman–Crippen MR) is 62.6 cm³/mol. The van der Waals surface area contributed by atoms with Crippen LogP contribution in [-0.2, 0) is 18.9 Å². The highest BCUT2D eigenvalue weighted by Crippen LogP contribution is 2.11. The minimum Gasteiger partial charge on any atom is -0.236 e. The second kappa shape index (κ2) is 4.13. The van der Waals surface area contributed by atoms with Crippen molar-refractivity contribution in [1.29, 1.82) is 0 Å². The topological polar surface area (TPSA) is 63.2 Å². The van der Waals surface area contributed by atoms with E-state index < -0.39 is 18.9 Å².